The molecule has 2 aliphatic carbocycles. The fourth-order valence-electron chi connectivity index (χ4n) is 5.00. The van der Waals surface area contributed by atoms with Crippen LogP contribution in [-0.4, -0.2) is 11.6 Å². The van der Waals surface area contributed by atoms with E-state index in [1.807, 2.05) is 24.3 Å². The van der Waals surface area contributed by atoms with E-state index < -0.39 is 0 Å². The Morgan fingerprint density at radius 3 is 1.05 bits per heavy atom. The molecule has 0 heterocycles. The van der Waals surface area contributed by atoms with Crippen LogP contribution >= 0.6 is 0 Å². The van der Waals surface area contributed by atoms with Crippen LogP contribution in [0.15, 0.2) is 119 Å². The molecule has 0 saturated carbocycles. The Labute approximate surface area is 242 Å². The molecular formula is C36H18N4O2. The van der Waals surface area contributed by atoms with E-state index in [0.29, 0.717) is 44.5 Å². The standard InChI is InChI=1S/C36H18N4O2/c37-19-25(20-38)33-27-13-5-7-15-29(27)35(41)31(33)17-23-9-1-2-10-24(12-4-3-11-23)18-32-34(26(21-39)22-40)28-14-6-8-16-30(28)36(32)42/h1-18H/b2-1?,4-3?,9-1?,10-2?,11-3?,12-4?,23-9?,23-11?,24-10?,24-12?,31-17-,32-18-. The zero-order valence-electron chi connectivity index (χ0n) is 22.0. The van der Waals surface area contributed by atoms with Gasteiger partial charge in [0.15, 0.2) is 11.6 Å². The number of ketones is 2. The average molecular weight is 539 g/mol. The smallest absolute Gasteiger partial charge is 0.194 e. The minimum absolute atomic E-state index is 0.131. The highest BCUT2D eigenvalue weighted by molar-refractivity contribution is 6.30. The summed E-state index contributed by atoms with van der Waals surface area (Å²) < 4.78 is 0. The van der Waals surface area contributed by atoms with Gasteiger partial charge in [-0.1, -0.05) is 97.1 Å². The highest BCUT2D eigenvalue weighted by atomic mass is 16.1. The van der Waals surface area contributed by atoms with Crippen molar-refractivity contribution in [1.29, 1.82) is 21.0 Å². The molecule has 6 heteroatoms. The molecular weight excluding hydrogens is 520 g/mol. The summed E-state index contributed by atoms with van der Waals surface area (Å²) in [5.41, 5.74) is 4.23. The minimum atomic E-state index is -0.261. The largest absolute Gasteiger partial charge is 0.289 e. The summed E-state index contributed by atoms with van der Waals surface area (Å²) in [6.45, 7) is 0. The molecule has 5 rings (SSSR count). The molecule has 0 bridgehead atoms. The molecule has 194 valence electrons. The molecule has 0 amide bonds. The lowest BCUT2D eigenvalue weighted by Gasteiger charge is -2.02. The summed E-state index contributed by atoms with van der Waals surface area (Å²) in [7, 11) is 0. The molecule has 42 heavy (non-hydrogen) atoms. The molecule has 0 aliphatic heterocycles. The van der Waals surface area contributed by atoms with Crippen LogP contribution in [0.4, 0.5) is 0 Å². The lowest BCUT2D eigenvalue weighted by molar-refractivity contribution is 0.103. The van der Waals surface area contributed by atoms with Crippen LogP contribution in [-0.2, 0) is 0 Å². The predicted molar refractivity (Wildman–Crippen MR) is 158 cm³/mol. The fourth-order valence-corrected chi connectivity index (χ4v) is 5.00. The molecule has 0 saturated heterocycles. The number of benzene rings is 2. The first-order chi connectivity index (χ1) is 20.5. The quantitative estimate of drug-likeness (QED) is 0.256. The molecule has 2 aliphatic rings. The average Bonchev–Trinajstić information content (AvgIpc) is 3.45. The van der Waals surface area contributed by atoms with Gasteiger partial charge in [-0.2, -0.15) is 21.0 Å². The lowest BCUT2D eigenvalue weighted by atomic mass is 9.98. The van der Waals surface area contributed by atoms with E-state index in [2.05, 4.69) is 0 Å². The molecule has 0 spiro atoms. The van der Waals surface area contributed by atoms with Crippen LogP contribution in [0.1, 0.15) is 43.0 Å². The summed E-state index contributed by atoms with van der Waals surface area (Å²) in [4.78, 5) is 26.5. The zero-order chi connectivity index (χ0) is 29.6. The third-order valence-corrected chi connectivity index (χ3v) is 6.86. The van der Waals surface area contributed by atoms with E-state index >= 15 is 0 Å². The van der Waals surface area contributed by atoms with Gasteiger partial charge in [-0.15, -0.1) is 0 Å². The number of fused-ring (bicyclic) bond motifs is 2. The molecule has 3 aromatic carbocycles. The van der Waals surface area contributed by atoms with E-state index in [4.69, 9.17) is 0 Å². The highest BCUT2D eigenvalue weighted by Gasteiger charge is 2.33. The summed E-state index contributed by atoms with van der Waals surface area (Å²) in [6.07, 6.45) is 3.32. The van der Waals surface area contributed by atoms with Crippen LogP contribution in [0.25, 0.3) is 23.3 Å². The Balaban J connectivity index is 1.58. The van der Waals surface area contributed by atoms with Gasteiger partial charge in [0.05, 0.1) is 0 Å². The van der Waals surface area contributed by atoms with Crippen LogP contribution in [0.2, 0.25) is 0 Å². The molecule has 0 atom stereocenters. The third kappa shape index (κ3) is 4.81. The van der Waals surface area contributed by atoms with E-state index in [-0.39, 0.29) is 33.9 Å². The highest BCUT2D eigenvalue weighted by Crippen LogP contribution is 2.40. The second kappa shape index (κ2) is 11.6. The maximum absolute atomic E-state index is 13.2. The van der Waals surface area contributed by atoms with E-state index in [0.717, 1.165) is 0 Å². The molecule has 0 fully saturated rings. The van der Waals surface area contributed by atoms with Crippen LogP contribution in [0.5, 0.6) is 0 Å². The Bertz CT molecular complexity index is 1860. The van der Waals surface area contributed by atoms with Crippen molar-refractivity contribution in [3.63, 3.8) is 0 Å². The normalized spacial score (nSPS) is 14.7. The van der Waals surface area contributed by atoms with E-state index in [1.54, 1.807) is 109 Å². The van der Waals surface area contributed by atoms with Crippen molar-refractivity contribution in [2.45, 2.75) is 0 Å². The minimum Gasteiger partial charge on any atom is -0.289 e. The number of allylic oxidation sites excluding steroid dienone is 6. The maximum Gasteiger partial charge on any atom is 0.194 e. The molecule has 6 nitrogen and oxygen atoms in total. The first kappa shape index (κ1) is 27.0. The summed E-state index contributed by atoms with van der Waals surface area (Å²) in [6, 6.07) is 35.6. The van der Waals surface area contributed by atoms with Gasteiger partial charge in [-0.3, -0.25) is 9.59 Å². The van der Waals surface area contributed by atoms with Gasteiger partial charge in [-0.05, 0) is 34.4 Å². The second-order valence-electron chi connectivity index (χ2n) is 9.25. The number of nitriles is 4. The van der Waals surface area contributed by atoms with Crippen LogP contribution in [0, 0.1) is 45.3 Å². The fraction of sp³-hybridized carbons (Fsp3) is 0. The van der Waals surface area contributed by atoms with Crippen molar-refractivity contribution in [3.05, 3.63) is 153 Å². The Hall–Kier alpha value is -6.60. The van der Waals surface area contributed by atoms with E-state index in [1.165, 1.54) is 0 Å². The van der Waals surface area contributed by atoms with Crippen molar-refractivity contribution in [3.8, 4) is 24.3 Å². The van der Waals surface area contributed by atoms with Crippen molar-refractivity contribution in [1.82, 2.24) is 0 Å². The van der Waals surface area contributed by atoms with Crippen molar-refractivity contribution in [2.24, 2.45) is 0 Å². The van der Waals surface area contributed by atoms with Crippen LogP contribution < -0.4 is 0 Å². The van der Waals surface area contributed by atoms with E-state index in [9.17, 15) is 30.6 Å². The van der Waals surface area contributed by atoms with Gasteiger partial charge in [0.25, 0.3) is 0 Å². The van der Waals surface area contributed by atoms with Gasteiger partial charge in [0, 0.05) is 33.4 Å². The molecule has 0 unspecified atom stereocenters. The summed E-state index contributed by atoms with van der Waals surface area (Å²) in [5.74, 6) is -0.521. The number of rotatable bonds is 2. The van der Waals surface area contributed by atoms with Gasteiger partial charge in [-0.25, -0.2) is 0 Å². The first-order valence-electron chi connectivity index (χ1n) is 12.8. The first-order valence-corrected chi connectivity index (χ1v) is 12.8. The summed E-state index contributed by atoms with van der Waals surface area (Å²) >= 11 is 0. The molecule has 0 radical (unpaired) electrons. The molecule has 0 aromatic heterocycles. The van der Waals surface area contributed by atoms with Crippen molar-refractivity contribution >= 4 is 34.9 Å². The maximum atomic E-state index is 13.2. The number of hydrogen-bond acceptors (Lipinski definition) is 6. The topological polar surface area (TPSA) is 129 Å². The van der Waals surface area contributed by atoms with Gasteiger partial charge >= 0.3 is 0 Å². The number of Topliss-reactive ketones (excluding diaryl/α,β-unsaturated/α-hetero) is 2. The number of carbonyl (C=O) groups excluding carboxylic acids is 2. The third-order valence-electron chi connectivity index (χ3n) is 6.86. The lowest BCUT2D eigenvalue weighted by Crippen LogP contribution is -1.95. The number of carbonyl (C=O) groups is 2. The Morgan fingerprint density at radius 2 is 0.738 bits per heavy atom. The van der Waals surface area contributed by atoms with Gasteiger partial charge in [0.1, 0.15) is 35.4 Å². The van der Waals surface area contributed by atoms with Crippen LogP contribution in [0.3, 0.4) is 0 Å². The number of hydrogen-bond donors (Lipinski definition) is 0. The zero-order valence-corrected chi connectivity index (χ0v) is 22.0. The molecule has 3 aromatic rings. The number of nitrogens with zero attached hydrogens (tertiary/aromatic N) is 4. The second-order valence-corrected chi connectivity index (χ2v) is 9.25. The molecule has 0 N–H and O–H groups in total. The van der Waals surface area contributed by atoms with Crippen molar-refractivity contribution < 1.29 is 9.59 Å². The predicted octanol–water partition coefficient (Wildman–Crippen LogP) is 6.97. The monoisotopic (exact) mass is 538 g/mol. The summed E-state index contributed by atoms with van der Waals surface area (Å²) in [5, 5.41) is 38.2. The Kier molecular flexibility index (Phi) is 7.48. The van der Waals surface area contributed by atoms with Gasteiger partial charge < -0.3 is 0 Å². The van der Waals surface area contributed by atoms with Crippen molar-refractivity contribution in [2.75, 3.05) is 0 Å². The SMILES string of the molecule is N#CC(C#N)=C1/C(=C/c2ccccc(/C=C3\C(=O)c4ccccc4C3=C(C#N)C#N)cccc2)C(=O)c2ccccc21. The Morgan fingerprint density at radius 1 is 0.452 bits per heavy atom. The van der Waals surface area contributed by atoms with Gasteiger partial charge in [0.2, 0.25) is 0 Å².